The Labute approximate surface area is 131 Å². The van der Waals surface area contributed by atoms with E-state index in [4.69, 9.17) is 0 Å². The number of piperidine rings is 1. The molecule has 1 fully saturated rings. The number of nitrogens with zero attached hydrogens (tertiary/aromatic N) is 1. The summed E-state index contributed by atoms with van der Waals surface area (Å²) in [5.74, 6) is 0.410. The molecule has 0 radical (unpaired) electrons. The molecule has 7 heteroatoms. The number of hydrogen-bond acceptors (Lipinski definition) is 4. The fourth-order valence-electron chi connectivity index (χ4n) is 2.79. The standard InChI is InChI=1S/C14H25N3O2S2/c1-3-13-6-8-20-14(13)10-16-21(18,19)17-7-4-5-12(11-17)9-15-2/h6,8,12,15-16H,3-5,7,9-11H2,1-2H3. The topological polar surface area (TPSA) is 61.4 Å². The molecular formula is C14H25N3O2S2. The van der Waals surface area contributed by atoms with E-state index >= 15 is 0 Å². The van der Waals surface area contributed by atoms with Gasteiger partial charge in [-0.25, -0.2) is 0 Å². The highest BCUT2D eigenvalue weighted by molar-refractivity contribution is 7.87. The second kappa shape index (κ2) is 7.69. The normalized spacial score (nSPS) is 20.8. The van der Waals surface area contributed by atoms with Crippen molar-refractivity contribution in [3.8, 4) is 0 Å². The number of hydrogen-bond donors (Lipinski definition) is 2. The summed E-state index contributed by atoms with van der Waals surface area (Å²) in [7, 11) is -1.46. The number of thiophene rings is 1. The minimum absolute atomic E-state index is 0.399. The molecule has 21 heavy (non-hydrogen) atoms. The Hall–Kier alpha value is -0.470. The molecule has 0 bridgehead atoms. The van der Waals surface area contributed by atoms with Gasteiger partial charge in [0, 0.05) is 24.5 Å². The fraction of sp³-hybridized carbons (Fsp3) is 0.714. The Morgan fingerprint density at radius 1 is 1.48 bits per heavy atom. The molecule has 1 aliphatic rings. The summed E-state index contributed by atoms with van der Waals surface area (Å²) in [4.78, 5) is 1.12. The predicted octanol–water partition coefficient (Wildman–Crippen LogP) is 1.58. The summed E-state index contributed by atoms with van der Waals surface area (Å²) in [5, 5.41) is 5.16. The van der Waals surface area contributed by atoms with Crippen LogP contribution in [0, 0.1) is 5.92 Å². The first-order valence-corrected chi connectivity index (χ1v) is 9.83. The van der Waals surface area contributed by atoms with E-state index in [1.54, 1.807) is 15.6 Å². The average Bonchev–Trinajstić information content (AvgIpc) is 2.93. The number of aryl methyl sites for hydroxylation is 1. The summed E-state index contributed by atoms with van der Waals surface area (Å²) in [6.07, 6.45) is 2.97. The van der Waals surface area contributed by atoms with Crippen molar-refractivity contribution in [3.63, 3.8) is 0 Å². The van der Waals surface area contributed by atoms with E-state index in [2.05, 4.69) is 23.0 Å². The van der Waals surface area contributed by atoms with Crippen molar-refractivity contribution in [1.29, 1.82) is 0 Å². The number of rotatable bonds is 7. The van der Waals surface area contributed by atoms with E-state index < -0.39 is 10.2 Å². The summed E-state index contributed by atoms with van der Waals surface area (Å²) in [6.45, 7) is 4.60. The maximum absolute atomic E-state index is 12.4. The van der Waals surface area contributed by atoms with Crippen molar-refractivity contribution >= 4 is 21.5 Å². The highest BCUT2D eigenvalue weighted by atomic mass is 32.2. The lowest BCUT2D eigenvalue weighted by Crippen LogP contribution is -2.47. The van der Waals surface area contributed by atoms with Crippen LogP contribution >= 0.6 is 11.3 Å². The molecule has 5 nitrogen and oxygen atoms in total. The second-order valence-electron chi connectivity index (χ2n) is 5.47. The molecule has 2 N–H and O–H groups in total. The van der Waals surface area contributed by atoms with Crippen LogP contribution in [0.5, 0.6) is 0 Å². The molecule has 0 saturated carbocycles. The van der Waals surface area contributed by atoms with E-state index in [0.717, 1.165) is 30.7 Å². The van der Waals surface area contributed by atoms with Crippen molar-refractivity contribution < 1.29 is 8.42 Å². The van der Waals surface area contributed by atoms with E-state index in [0.29, 0.717) is 25.6 Å². The molecule has 120 valence electrons. The Bertz CT molecular complexity index is 540. The molecule has 0 aromatic carbocycles. The lowest BCUT2D eigenvalue weighted by Gasteiger charge is -2.31. The van der Waals surface area contributed by atoms with Crippen LogP contribution in [-0.4, -0.2) is 39.4 Å². The first-order chi connectivity index (χ1) is 10.1. The molecule has 1 aromatic rings. The molecule has 1 aromatic heterocycles. The van der Waals surface area contributed by atoms with Gasteiger partial charge in [0.25, 0.3) is 10.2 Å². The molecule has 0 aliphatic carbocycles. The van der Waals surface area contributed by atoms with Gasteiger partial charge in [-0.05, 0) is 55.8 Å². The minimum Gasteiger partial charge on any atom is -0.319 e. The van der Waals surface area contributed by atoms with Gasteiger partial charge in [0.2, 0.25) is 0 Å². The highest BCUT2D eigenvalue weighted by Crippen LogP contribution is 2.20. The zero-order valence-corrected chi connectivity index (χ0v) is 14.4. The largest absolute Gasteiger partial charge is 0.319 e. The Morgan fingerprint density at radius 2 is 2.29 bits per heavy atom. The zero-order valence-electron chi connectivity index (χ0n) is 12.8. The van der Waals surface area contributed by atoms with Gasteiger partial charge >= 0.3 is 0 Å². The number of nitrogens with one attached hydrogen (secondary N) is 2. The molecule has 0 spiro atoms. The molecule has 0 amide bonds. The van der Waals surface area contributed by atoms with Gasteiger partial charge in [-0.3, -0.25) is 0 Å². The van der Waals surface area contributed by atoms with Gasteiger partial charge in [-0.1, -0.05) is 6.92 Å². The van der Waals surface area contributed by atoms with Crippen LogP contribution < -0.4 is 10.0 Å². The third kappa shape index (κ3) is 4.50. The Kier molecular flexibility index (Phi) is 6.19. The van der Waals surface area contributed by atoms with E-state index in [1.165, 1.54) is 5.56 Å². The maximum Gasteiger partial charge on any atom is 0.279 e. The summed E-state index contributed by atoms with van der Waals surface area (Å²) >= 11 is 1.61. The van der Waals surface area contributed by atoms with Gasteiger partial charge < -0.3 is 5.32 Å². The van der Waals surface area contributed by atoms with Crippen LogP contribution in [0.1, 0.15) is 30.2 Å². The zero-order chi connectivity index (χ0) is 15.3. The van der Waals surface area contributed by atoms with Crippen LogP contribution in [0.3, 0.4) is 0 Å². The van der Waals surface area contributed by atoms with Crippen LogP contribution in [-0.2, 0) is 23.2 Å². The van der Waals surface area contributed by atoms with Crippen LogP contribution in [0.4, 0.5) is 0 Å². The highest BCUT2D eigenvalue weighted by Gasteiger charge is 2.28. The van der Waals surface area contributed by atoms with Gasteiger partial charge in [0.15, 0.2) is 0 Å². The van der Waals surface area contributed by atoms with E-state index in [1.807, 2.05) is 12.4 Å². The lowest BCUT2D eigenvalue weighted by molar-refractivity contribution is 0.261. The van der Waals surface area contributed by atoms with E-state index in [-0.39, 0.29) is 0 Å². The van der Waals surface area contributed by atoms with Crippen molar-refractivity contribution in [2.45, 2.75) is 32.7 Å². The molecule has 1 unspecified atom stereocenters. The van der Waals surface area contributed by atoms with Gasteiger partial charge in [0.05, 0.1) is 0 Å². The third-order valence-corrected chi connectivity index (χ3v) is 6.43. The Balaban J connectivity index is 1.95. The third-order valence-electron chi connectivity index (χ3n) is 3.95. The lowest BCUT2D eigenvalue weighted by atomic mass is 10.00. The molecule has 1 atom stereocenters. The quantitative estimate of drug-likeness (QED) is 0.797. The van der Waals surface area contributed by atoms with Crippen LogP contribution in [0.2, 0.25) is 0 Å². The first-order valence-electron chi connectivity index (χ1n) is 7.51. The fourth-order valence-corrected chi connectivity index (χ4v) is 5.08. The van der Waals surface area contributed by atoms with Gasteiger partial charge in [-0.2, -0.15) is 17.4 Å². The van der Waals surface area contributed by atoms with Crippen molar-refractivity contribution in [1.82, 2.24) is 14.3 Å². The second-order valence-corrected chi connectivity index (χ2v) is 8.23. The van der Waals surface area contributed by atoms with Crippen molar-refractivity contribution in [2.75, 3.05) is 26.7 Å². The van der Waals surface area contributed by atoms with Crippen molar-refractivity contribution in [3.05, 3.63) is 21.9 Å². The van der Waals surface area contributed by atoms with Gasteiger partial charge in [0.1, 0.15) is 0 Å². The maximum atomic E-state index is 12.4. The van der Waals surface area contributed by atoms with Crippen LogP contribution in [0.25, 0.3) is 0 Å². The smallest absolute Gasteiger partial charge is 0.279 e. The van der Waals surface area contributed by atoms with Gasteiger partial charge in [-0.15, -0.1) is 11.3 Å². The summed E-state index contributed by atoms with van der Waals surface area (Å²) in [6, 6.07) is 2.07. The van der Waals surface area contributed by atoms with E-state index in [9.17, 15) is 8.42 Å². The van der Waals surface area contributed by atoms with Crippen molar-refractivity contribution in [2.24, 2.45) is 5.92 Å². The molecule has 1 aliphatic heterocycles. The SMILES string of the molecule is CCc1ccsc1CNS(=O)(=O)N1CCCC(CNC)C1. The van der Waals surface area contributed by atoms with Crippen LogP contribution in [0.15, 0.2) is 11.4 Å². The first kappa shape index (κ1) is 16.9. The minimum atomic E-state index is -3.37. The molecular weight excluding hydrogens is 306 g/mol. The monoisotopic (exact) mass is 331 g/mol. The molecule has 2 heterocycles. The molecule has 1 saturated heterocycles. The molecule has 2 rings (SSSR count). The predicted molar refractivity (Wildman–Crippen MR) is 87.7 cm³/mol. The summed E-state index contributed by atoms with van der Waals surface area (Å²) < 4.78 is 29.2. The average molecular weight is 332 g/mol. The Morgan fingerprint density at radius 3 is 3.00 bits per heavy atom. The summed E-state index contributed by atoms with van der Waals surface area (Å²) in [5.41, 5.74) is 1.23.